The van der Waals surface area contributed by atoms with Crippen molar-refractivity contribution >= 4 is 5.97 Å². The predicted molar refractivity (Wildman–Crippen MR) is 60.0 cm³/mol. The molecule has 1 unspecified atom stereocenters. The molecule has 1 atom stereocenters. The van der Waals surface area contributed by atoms with Crippen LogP contribution in [0.4, 0.5) is 0 Å². The Morgan fingerprint density at radius 1 is 1.47 bits per heavy atom. The van der Waals surface area contributed by atoms with Crippen LogP contribution in [0.15, 0.2) is 0 Å². The van der Waals surface area contributed by atoms with Crippen LogP contribution in [0.2, 0.25) is 0 Å². The number of piperazine rings is 1. The molecular weight excluding hydrogens is 192 g/mol. The maximum absolute atomic E-state index is 11.4. The molecule has 1 aliphatic heterocycles. The Kier molecular flexibility index (Phi) is 4.54. The van der Waals surface area contributed by atoms with Crippen molar-refractivity contribution in [3.05, 3.63) is 0 Å². The molecule has 88 valence electrons. The summed E-state index contributed by atoms with van der Waals surface area (Å²) in [5.41, 5.74) is -0.669. The van der Waals surface area contributed by atoms with E-state index in [1.54, 1.807) is 0 Å². The molecule has 4 nitrogen and oxygen atoms in total. The number of nitrogens with one attached hydrogen (secondary N) is 1. The number of hydrogen-bond donors (Lipinski definition) is 2. The van der Waals surface area contributed by atoms with Gasteiger partial charge in [-0.05, 0) is 13.3 Å². The first-order valence-electron chi connectivity index (χ1n) is 5.80. The Bertz CT molecular complexity index is 215. The quantitative estimate of drug-likeness (QED) is 0.714. The number of carboxylic acids is 1. The van der Waals surface area contributed by atoms with Gasteiger partial charge < -0.3 is 10.4 Å². The summed E-state index contributed by atoms with van der Waals surface area (Å²) in [6, 6.07) is 0. The summed E-state index contributed by atoms with van der Waals surface area (Å²) >= 11 is 0. The van der Waals surface area contributed by atoms with Gasteiger partial charge in [0.05, 0.1) is 0 Å². The van der Waals surface area contributed by atoms with Gasteiger partial charge in [0.2, 0.25) is 0 Å². The zero-order chi connectivity index (χ0) is 11.3. The highest BCUT2D eigenvalue weighted by atomic mass is 16.4. The lowest BCUT2D eigenvalue weighted by Crippen LogP contribution is -2.58. The average molecular weight is 214 g/mol. The molecule has 0 aromatic heterocycles. The maximum Gasteiger partial charge on any atom is 0.323 e. The van der Waals surface area contributed by atoms with E-state index in [0.29, 0.717) is 0 Å². The summed E-state index contributed by atoms with van der Waals surface area (Å²) in [7, 11) is 0. The number of unbranched alkanes of at least 4 members (excludes halogenated alkanes) is 1. The molecule has 1 fully saturated rings. The van der Waals surface area contributed by atoms with Gasteiger partial charge in [-0.1, -0.05) is 19.8 Å². The van der Waals surface area contributed by atoms with Crippen LogP contribution >= 0.6 is 0 Å². The molecule has 2 N–H and O–H groups in total. The van der Waals surface area contributed by atoms with Crippen LogP contribution in [0.1, 0.15) is 33.1 Å². The molecule has 0 aromatic carbocycles. The second-order valence-corrected chi connectivity index (χ2v) is 4.42. The fourth-order valence-electron chi connectivity index (χ4n) is 2.08. The molecule has 0 bridgehead atoms. The van der Waals surface area contributed by atoms with Crippen LogP contribution in [-0.2, 0) is 4.79 Å². The highest BCUT2D eigenvalue weighted by molar-refractivity contribution is 5.78. The van der Waals surface area contributed by atoms with Gasteiger partial charge in [-0.2, -0.15) is 0 Å². The number of hydrogen-bond acceptors (Lipinski definition) is 3. The fraction of sp³-hybridized carbons (Fsp3) is 0.909. The first kappa shape index (κ1) is 12.5. The van der Waals surface area contributed by atoms with Crippen molar-refractivity contribution in [2.75, 3.05) is 26.2 Å². The van der Waals surface area contributed by atoms with Crippen LogP contribution in [0.3, 0.4) is 0 Å². The Balaban J connectivity index is 2.65. The third-order valence-electron chi connectivity index (χ3n) is 3.29. The van der Waals surface area contributed by atoms with Gasteiger partial charge in [-0.15, -0.1) is 0 Å². The second kappa shape index (κ2) is 5.47. The van der Waals surface area contributed by atoms with E-state index in [1.807, 2.05) is 6.92 Å². The molecule has 1 heterocycles. The van der Waals surface area contributed by atoms with Gasteiger partial charge in [-0.25, -0.2) is 0 Å². The Morgan fingerprint density at radius 3 is 2.53 bits per heavy atom. The monoisotopic (exact) mass is 214 g/mol. The SMILES string of the molecule is CCCCC(C)(C(=O)O)N1CCNCC1. The maximum atomic E-state index is 11.4. The van der Waals surface area contributed by atoms with Crippen molar-refractivity contribution in [3.8, 4) is 0 Å². The molecular formula is C11H22N2O2. The zero-order valence-corrected chi connectivity index (χ0v) is 9.75. The second-order valence-electron chi connectivity index (χ2n) is 4.42. The molecule has 0 aromatic rings. The molecule has 0 radical (unpaired) electrons. The summed E-state index contributed by atoms with van der Waals surface area (Å²) < 4.78 is 0. The summed E-state index contributed by atoms with van der Waals surface area (Å²) in [4.78, 5) is 13.5. The topological polar surface area (TPSA) is 52.6 Å². The minimum absolute atomic E-state index is 0.669. The first-order valence-corrected chi connectivity index (χ1v) is 5.80. The smallest absolute Gasteiger partial charge is 0.323 e. The lowest BCUT2D eigenvalue weighted by atomic mass is 9.92. The molecule has 1 rings (SSSR count). The molecule has 0 saturated carbocycles. The van der Waals surface area contributed by atoms with Crippen molar-refractivity contribution in [1.82, 2.24) is 10.2 Å². The van der Waals surface area contributed by atoms with Crippen LogP contribution in [0.25, 0.3) is 0 Å². The summed E-state index contributed by atoms with van der Waals surface area (Å²) in [6.45, 7) is 7.43. The van der Waals surface area contributed by atoms with Crippen molar-refractivity contribution in [2.45, 2.75) is 38.6 Å². The number of aliphatic carboxylic acids is 1. The lowest BCUT2D eigenvalue weighted by Gasteiger charge is -2.40. The molecule has 1 aliphatic rings. The standard InChI is InChI=1S/C11H22N2O2/c1-3-4-5-11(2,10(14)15)13-8-6-12-7-9-13/h12H,3-9H2,1-2H3,(H,14,15). The van der Waals surface area contributed by atoms with Gasteiger partial charge in [0, 0.05) is 26.2 Å². The van der Waals surface area contributed by atoms with E-state index in [9.17, 15) is 9.90 Å². The Hall–Kier alpha value is -0.610. The summed E-state index contributed by atoms with van der Waals surface area (Å²) in [5.74, 6) is -0.683. The predicted octanol–water partition coefficient (Wildman–Crippen LogP) is 0.925. The van der Waals surface area contributed by atoms with Crippen LogP contribution in [0.5, 0.6) is 0 Å². The number of rotatable bonds is 5. The summed E-state index contributed by atoms with van der Waals surface area (Å²) in [6.07, 6.45) is 2.78. The van der Waals surface area contributed by atoms with Gasteiger partial charge in [0.15, 0.2) is 0 Å². The van der Waals surface area contributed by atoms with Gasteiger partial charge in [-0.3, -0.25) is 9.69 Å². The van der Waals surface area contributed by atoms with E-state index >= 15 is 0 Å². The average Bonchev–Trinajstić information content (AvgIpc) is 2.27. The van der Waals surface area contributed by atoms with E-state index in [0.717, 1.165) is 45.4 Å². The Labute approximate surface area is 91.6 Å². The van der Waals surface area contributed by atoms with Gasteiger partial charge in [0.1, 0.15) is 5.54 Å². The normalized spacial score (nSPS) is 22.3. The molecule has 4 heteroatoms. The van der Waals surface area contributed by atoms with E-state index in [1.165, 1.54) is 0 Å². The van der Waals surface area contributed by atoms with Crippen molar-refractivity contribution in [1.29, 1.82) is 0 Å². The lowest BCUT2D eigenvalue weighted by molar-refractivity contribution is -0.151. The third kappa shape index (κ3) is 2.92. The molecule has 0 aliphatic carbocycles. The third-order valence-corrected chi connectivity index (χ3v) is 3.29. The van der Waals surface area contributed by atoms with Crippen LogP contribution in [0, 0.1) is 0 Å². The van der Waals surface area contributed by atoms with Crippen molar-refractivity contribution < 1.29 is 9.90 Å². The van der Waals surface area contributed by atoms with Crippen LogP contribution < -0.4 is 5.32 Å². The van der Waals surface area contributed by atoms with E-state index in [4.69, 9.17) is 0 Å². The Morgan fingerprint density at radius 2 is 2.07 bits per heavy atom. The highest BCUT2D eigenvalue weighted by Crippen LogP contribution is 2.23. The fourth-order valence-corrected chi connectivity index (χ4v) is 2.08. The van der Waals surface area contributed by atoms with Crippen molar-refractivity contribution in [2.24, 2.45) is 0 Å². The van der Waals surface area contributed by atoms with Crippen LogP contribution in [-0.4, -0.2) is 47.7 Å². The first-order chi connectivity index (χ1) is 7.11. The molecule has 1 saturated heterocycles. The van der Waals surface area contributed by atoms with E-state index < -0.39 is 11.5 Å². The highest BCUT2D eigenvalue weighted by Gasteiger charge is 2.39. The zero-order valence-electron chi connectivity index (χ0n) is 9.75. The van der Waals surface area contributed by atoms with Crippen molar-refractivity contribution in [3.63, 3.8) is 0 Å². The van der Waals surface area contributed by atoms with E-state index in [-0.39, 0.29) is 0 Å². The van der Waals surface area contributed by atoms with Gasteiger partial charge in [0.25, 0.3) is 0 Å². The minimum atomic E-state index is -0.683. The van der Waals surface area contributed by atoms with E-state index in [2.05, 4.69) is 17.1 Å². The number of nitrogens with zero attached hydrogens (tertiary/aromatic N) is 1. The number of carboxylic acid groups (broad SMARTS) is 1. The molecule has 15 heavy (non-hydrogen) atoms. The number of carbonyl (C=O) groups is 1. The minimum Gasteiger partial charge on any atom is -0.480 e. The molecule has 0 amide bonds. The summed E-state index contributed by atoms with van der Waals surface area (Å²) in [5, 5.41) is 12.6. The van der Waals surface area contributed by atoms with Gasteiger partial charge >= 0.3 is 5.97 Å². The largest absolute Gasteiger partial charge is 0.480 e. The molecule has 0 spiro atoms.